The van der Waals surface area contributed by atoms with Crippen molar-refractivity contribution in [2.75, 3.05) is 7.11 Å². The average molecular weight is 241 g/mol. The van der Waals surface area contributed by atoms with Crippen LogP contribution in [0.1, 0.15) is 10.4 Å². The summed E-state index contributed by atoms with van der Waals surface area (Å²) in [4.78, 5) is 20.8. The Balaban J connectivity index is 3.28. The molecule has 0 radical (unpaired) electrons. The van der Waals surface area contributed by atoms with Crippen molar-refractivity contribution in [3.05, 3.63) is 29.8 Å². The Morgan fingerprint density at radius 3 is 2.69 bits per heavy atom. The van der Waals surface area contributed by atoms with Gasteiger partial charge in [0.1, 0.15) is 0 Å². The lowest BCUT2D eigenvalue weighted by Gasteiger charge is -2.00. The number of carbonyl (C=O) groups is 1. The van der Waals surface area contributed by atoms with Gasteiger partial charge in [0.05, 0.1) is 17.6 Å². The Kier molecular flexibility index (Phi) is 3.55. The molecular formula is C9H7NO5S. The molecule has 0 unspecified atom stereocenters. The van der Waals surface area contributed by atoms with E-state index in [-0.39, 0.29) is 10.5 Å². The predicted molar refractivity (Wildman–Crippen MR) is 53.1 cm³/mol. The van der Waals surface area contributed by atoms with Crippen molar-refractivity contribution in [1.29, 1.82) is 0 Å². The number of carbonyl (C=O) groups excluding carboxylic acids is 2. The summed E-state index contributed by atoms with van der Waals surface area (Å²) in [6.07, 6.45) is 0.940. The number of sulfonamides is 1. The standard InChI is InChI=1S/C9H7NO5S/c1-15-9(12)7-3-2-4-8(5-7)16(13,14)10-6-11/h2-5H,1H3. The van der Waals surface area contributed by atoms with E-state index in [1.165, 1.54) is 25.3 Å². The normalized spacial score (nSPS) is 10.3. The highest BCUT2D eigenvalue weighted by Gasteiger charge is 2.15. The van der Waals surface area contributed by atoms with E-state index < -0.39 is 16.0 Å². The van der Waals surface area contributed by atoms with Crippen LogP contribution >= 0.6 is 0 Å². The van der Waals surface area contributed by atoms with Crippen LogP contribution in [0, 0.1) is 0 Å². The molecule has 0 saturated carbocycles. The van der Waals surface area contributed by atoms with Crippen molar-refractivity contribution < 1.29 is 22.7 Å². The summed E-state index contributed by atoms with van der Waals surface area (Å²) < 4.78 is 29.7. The van der Waals surface area contributed by atoms with Crippen LogP contribution in [0.5, 0.6) is 0 Å². The number of ether oxygens (including phenoxy) is 1. The summed E-state index contributed by atoms with van der Waals surface area (Å²) in [5, 5.41) is 0. The van der Waals surface area contributed by atoms with Crippen molar-refractivity contribution in [1.82, 2.24) is 0 Å². The summed E-state index contributed by atoms with van der Waals surface area (Å²) >= 11 is 0. The van der Waals surface area contributed by atoms with E-state index in [1.807, 2.05) is 0 Å². The summed E-state index contributed by atoms with van der Waals surface area (Å²) in [5.41, 5.74) is 0.0599. The third kappa shape index (κ3) is 2.53. The Morgan fingerprint density at radius 2 is 2.12 bits per heavy atom. The highest BCUT2D eigenvalue weighted by molar-refractivity contribution is 7.90. The maximum atomic E-state index is 11.3. The molecule has 1 aromatic carbocycles. The fraction of sp³-hybridized carbons (Fsp3) is 0.111. The zero-order valence-corrected chi connectivity index (χ0v) is 9.02. The van der Waals surface area contributed by atoms with Crippen LogP contribution in [-0.2, 0) is 19.6 Å². The van der Waals surface area contributed by atoms with E-state index in [4.69, 9.17) is 0 Å². The van der Waals surface area contributed by atoms with Crippen LogP contribution in [0.2, 0.25) is 0 Å². The van der Waals surface area contributed by atoms with Crippen molar-refractivity contribution in [2.24, 2.45) is 4.40 Å². The third-order valence-corrected chi connectivity index (χ3v) is 2.87. The van der Waals surface area contributed by atoms with Gasteiger partial charge >= 0.3 is 5.97 Å². The Hall–Kier alpha value is -1.98. The molecule has 0 amide bonds. The fourth-order valence-electron chi connectivity index (χ4n) is 1.00. The first-order chi connectivity index (χ1) is 7.51. The van der Waals surface area contributed by atoms with E-state index in [9.17, 15) is 18.0 Å². The van der Waals surface area contributed by atoms with Gasteiger partial charge in [-0.15, -0.1) is 0 Å². The molecule has 16 heavy (non-hydrogen) atoms. The second-order valence-corrected chi connectivity index (χ2v) is 4.28. The molecule has 84 valence electrons. The van der Waals surface area contributed by atoms with Crippen molar-refractivity contribution in [3.8, 4) is 0 Å². The van der Waals surface area contributed by atoms with E-state index in [0.717, 1.165) is 12.1 Å². The number of hydrogen-bond acceptors (Lipinski definition) is 5. The zero-order chi connectivity index (χ0) is 12.2. The minimum atomic E-state index is -4.08. The third-order valence-electron chi connectivity index (χ3n) is 1.71. The van der Waals surface area contributed by atoms with Gasteiger partial charge in [0.25, 0.3) is 16.1 Å². The molecule has 0 heterocycles. The van der Waals surface area contributed by atoms with Crippen LogP contribution in [0.3, 0.4) is 0 Å². The van der Waals surface area contributed by atoms with E-state index in [0.29, 0.717) is 0 Å². The largest absolute Gasteiger partial charge is 0.465 e. The van der Waals surface area contributed by atoms with Crippen LogP contribution in [-0.4, -0.2) is 27.6 Å². The first-order valence-electron chi connectivity index (χ1n) is 4.04. The zero-order valence-electron chi connectivity index (χ0n) is 8.21. The molecule has 0 atom stereocenters. The summed E-state index contributed by atoms with van der Waals surface area (Å²) in [6.45, 7) is 0. The maximum absolute atomic E-state index is 11.3. The predicted octanol–water partition coefficient (Wildman–Crippen LogP) is 0.498. The van der Waals surface area contributed by atoms with Gasteiger partial charge in [-0.2, -0.15) is 8.42 Å². The summed E-state index contributed by atoms with van der Waals surface area (Å²) in [7, 11) is -2.91. The van der Waals surface area contributed by atoms with Gasteiger partial charge in [0, 0.05) is 0 Å². The number of methoxy groups -OCH3 is 1. The molecule has 0 aromatic heterocycles. The van der Waals surface area contributed by atoms with Crippen molar-refractivity contribution in [2.45, 2.75) is 4.90 Å². The number of nitrogens with zero attached hydrogens (tertiary/aromatic N) is 1. The van der Waals surface area contributed by atoms with Gasteiger partial charge in [-0.3, -0.25) is 0 Å². The molecule has 1 aromatic rings. The first kappa shape index (κ1) is 12.1. The molecule has 7 heteroatoms. The van der Waals surface area contributed by atoms with Gasteiger partial charge < -0.3 is 4.74 Å². The lowest BCUT2D eigenvalue weighted by Crippen LogP contribution is -2.03. The molecular weight excluding hydrogens is 234 g/mol. The number of esters is 1. The maximum Gasteiger partial charge on any atom is 0.337 e. The molecule has 0 saturated heterocycles. The number of isocyanates is 1. The van der Waals surface area contributed by atoms with Gasteiger partial charge in [-0.05, 0) is 18.2 Å². The van der Waals surface area contributed by atoms with Crippen molar-refractivity contribution >= 4 is 22.1 Å². The minimum absolute atomic E-state index is 0.0599. The van der Waals surface area contributed by atoms with Crippen LogP contribution in [0.4, 0.5) is 0 Å². The van der Waals surface area contributed by atoms with Crippen LogP contribution in [0.25, 0.3) is 0 Å². The fourth-order valence-corrected chi connectivity index (χ4v) is 1.73. The molecule has 0 aliphatic heterocycles. The molecule has 0 spiro atoms. The second-order valence-electron chi connectivity index (χ2n) is 2.68. The SMILES string of the molecule is COC(=O)c1cccc(S(=O)(=O)N=C=O)c1. The highest BCUT2D eigenvalue weighted by Crippen LogP contribution is 2.14. The van der Waals surface area contributed by atoms with Crippen molar-refractivity contribution in [3.63, 3.8) is 0 Å². The van der Waals surface area contributed by atoms with E-state index >= 15 is 0 Å². The Labute approximate surface area is 91.6 Å². The Morgan fingerprint density at radius 1 is 1.44 bits per heavy atom. The quantitative estimate of drug-likeness (QED) is 0.436. The lowest BCUT2D eigenvalue weighted by molar-refractivity contribution is 0.0600. The molecule has 6 nitrogen and oxygen atoms in total. The molecule has 0 fully saturated rings. The monoisotopic (exact) mass is 241 g/mol. The van der Waals surface area contributed by atoms with Gasteiger partial charge in [0.2, 0.25) is 0 Å². The van der Waals surface area contributed by atoms with Crippen LogP contribution < -0.4 is 0 Å². The summed E-state index contributed by atoms with van der Waals surface area (Å²) in [5.74, 6) is -0.674. The van der Waals surface area contributed by atoms with E-state index in [1.54, 1.807) is 0 Å². The van der Waals surface area contributed by atoms with Gasteiger partial charge in [-0.1, -0.05) is 10.5 Å². The summed E-state index contributed by atoms with van der Waals surface area (Å²) in [6, 6.07) is 5.01. The molecule has 0 N–H and O–H groups in total. The van der Waals surface area contributed by atoms with E-state index in [2.05, 4.69) is 9.13 Å². The van der Waals surface area contributed by atoms with Gasteiger partial charge in [0.15, 0.2) is 0 Å². The lowest BCUT2D eigenvalue weighted by atomic mass is 10.2. The molecule has 0 aliphatic rings. The Bertz CT molecular complexity index is 557. The van der Waals surface area contributed by atoms with Gasteiger partial charge in [-0.25, -0.2) is 9.59 Å². The smallest absolute Gasteiger partial charge is 0.337 e. The number of rotatable bonds is 3. The molecule has 0 aliphatic carbocycles. The average Bonchev–Trinajstić information content (AvgIpc) is 2.28. The second kappa shape index (κ2) is 4.69. The molecule has 0 bridgehead atoms. The van der Waals surface area contributed by atoms with Crippen LogP contribution in [0.15, 0.2) is 33.6 Å². The minimum Gasteiger partial charge on any atom is -0.465 e. The topological polar surface area (TPSA) is 89.9 Å². The molecule has 1 rings (SSSR count). The number of benzene rings is 1. The first-order valence-corrected chi connectivity index (χ1v) is 5.48. The number of hydrogen-bond donors (Lipinski definition) is 0. The highest BCUT2D eigenvalue weighted by atomic mass is 32.2.